The number of pyridine rings is 1. The van der Waals surface area contributed by atoms with E-state index in [2.05, 4.69) is 10.3 Å². The van der Waals surface area contributed by atoms with Gasteiger partial charge in [-0.05, 0) is 41.5 Å². The van der Waals surface area contributed by atoms with Crippen LogP contribution in [0.1, 0.15) is 21.6 Å². The fraction of sp³-hybridized carbons (Fsp3) is 0.167. The first kappa shape index (κ1) is 28.2. The number of hydrogen-bond acceptors (Lipinski definition) is 5. The van der Waals surface area contributed by atoms with Crippen molar-refractivity contribution >= 4 is 11.9 Å². The average molecular weight is 551 g/mol. The Morgan fingerprint density at radius 2 is 1.65 bits per heavy atom. The molecule has 0 atom stereocenters. The largest absolute Gasteiger partial charge is 0.495 e. The van der Waals surface area contributed by atoms with Gasteiger partial charge in [0.15, 0.2) is 6.61 Å². The number of halogens is 3. The van der Waals surface area contributed by atoms with Crippen molar-refractivity contribution in [2.45, 2.75) is 12.6 Å². The van der Waals surface area contributed by atoms with Crippen LogP contribution < -0.4 is 14.8 Å². The van der Waals surface area contributed by atoms with E-state index < -0.39 is 30.2 Å². The van der Waals surface area contributed by atoms with Crippen molar-refractivity contribution in [3.05, 3.63) is 102 Å². The maximum atomic E-state index is 13.6. The molecule has 1 heterocycles. The molecule has 4 rings (SSSR count). The number of hydrogen-bond donors (Lipinski definition) is 2. The van der Waals surface area contributed by atoms with Crippen LogP contribution in [0.4, 0.5) is 13.2 Å². The molecule has 0 aliphatic rings. The lowest BCUT2D eigenvalue weighted by Crippen LogP contribution is -2.26. The van der Waals surface area contributed by atoms with Gasteiger partial charge in [-0.25, -0.2) is 4.79 Å². The molecule has 1 amide bonds. The molecule has 1 aromatic heterocycles. The number of nitrogens with one attached hydrogen (secondary N) is 1. The summed E-state index contributed by atoms with van der Waals surface area (Å²) < 4.78 is 52.1. The summed E-state index contributed by atoms with van der Waals surface area (Å²) in [4.78, 5) is 29.1. The molecule has 3 aromatic carbocycles. The number of carbonyl (C=O) groups excluding carboxylic acids is 1. The molecule has 0 aliphatic carbocycles. The van der Waals surface area contributed by atoms with E-state index in [0.717, 1.165) is 17.8 Å². The second-order valence-corrected chi connectivity index (χ2v) is 8.66. The first-order chi connectivity index (χ1) is 19.2. The first-order valence-corrected chi connectivity index (χ1v) is 12.2. The van der Waals surface area contributed by atoms with E-state index in [-0.39, 0.29) is 40.3 Å². The van der Waals surface area contributed by atoms with Crippen molar-refractivity contribution in [3.8, 4) is 33.8 Å². The second-order valence-electron chi connectivity index (χ2n) is 8.66. The van der Waals surface area contributed by atoms with Gasteiger partial charge in [0, 0.05) is 30.4 Å². The molecule has 4 aromatic rings. The summed E-state index contributed by atoms with van der Waals surface area (Å²) in [7, 11) is 1.34. The minimum absolute atomic E-state index is 0.0326. The zero-order chi connectivity index (χ0) is 28.7. The smallest absolute Gasteiger partial charge is 0.416 e. The van der Waals surface area contributed by atoms with Gasteiger partial charge < -0.3 is 19.9 Å². The summed E-state index contributed by atoms with van der Waals surface area (Å²) in [6.45, 7) is -0.541. The van der Waals surface area contributed by atoms with Gasteiger partial charge in [-0.3, -0.25) is 9.78 Å². The normalized spacial score (nSPS) is 11.1. The van der Waals surface area contributed by atoms with Crippen LogP contribution in [0, 0.1) is 0 Å². The summed E-state index contributed by atoms with van der Waals surface area (Å²) in [5.74, 6) is -1.78. The number of carboxylic acids is 1. The number of methoxy groups -OCH3 is 1. The molecule has 10 heteroatoms. The van der Waals surface area contributed by atoms with Crippen LogP contribution >= 0.6 is 0 Å². The molecule has 7 nitrogen and oxygen atoms in total. The Hall–Kier alpha value is -4.86. The maximum Gasteiger partial charge on any atom is 0.416 e. The Morgan fingerprint density at radius 3 is 2.30 bits per heavy atom. The molecule has 0 fully saturated rings. The molecule has 0 spiro atoms. The topological polar surface area (TPSA) is 97.8 Å². The highest BCUT2D eigenvalue weighted by Gasteiger charge is 2.32. The van der Waals surface area contributed by atoms with Crippen molar-refractivity contribution in [1.82, 2.24) is 10.3 Å². The highest BCUT2D eigenvalue weighted by atomic mass is 19.4. The lowest BCUT2D eigenvalue weighted by molar-refractivity contribution is -0.139. The van der Waals surface area contributed by atoms with Crippen LogP contribution in [0.15, 0.2) is 85.1 Å². The lowest BCUT2D eigenvalue weighted by atomic mass is 9.92. The summed E-state index contributed by atoms with van der Waals surface area (Å²) in [6.07, 6.45) is -2.54. The van der Waals surface area contributed by atoms with Crippen LogP contribution in [0.25, 0.3) is 22.3 Å². The number of aliphatic carboxylic acids is 1. The minimum atomic E-state index is -4.63. The van der Waals surface area contributed by atoms with Crippen LogP contribution in [-0.2, 0) is 17.4 Å². The molecule has 0 unspecified atom stereocenters. The number of nitrogens with zero attached hydrogens (tertiary/aromatic N) is 1. The van der Waals surface area contributed by atoms with Gasteiger partial charge in [-0.15, -0.1) is 0 Å². The van der Waals surface area contributed by atoms with E-state index in [1.54, 1.807) is 42.6 Å². The number of amides is 1. The van der Waals surface area contributed by atoms with Gasteiger partial charge in [-0.1, -0.05) is 48.5 Å². The summed E-state index contributed by atoms with van der Waals surface area (Å²) in [6, 6.07) is 19.9. The van der Waals surface area contributed by atoms with E-state index in [1.807, 2.05) is 12.1 Å². The summed E-state index contributed by atoms with van der Waals surface area (Å²) in [5.41, 5.74) is 0.816. The molecule has 2 N–H and O–H groups in total. The molecule has 0 aliphatic heterocycles. The Balaban J connectivity index is 1.90. The van der Waals surface area contributed by atoms with Crippen LogP contribution in [0.2, 0.25) is 0 Å². The van der Waals surface area contributed by atoms with Gasteiger partial charge in [0.05, 0.1) is 23.8 Å². The van der Waals surface area contributed by atoms with Gasteiger partial charge in [0.2, 0.25) is 0 Å². The number of carbonyl (C=O) groups is 2. The Morgan fingerprint density at radius 1 is 0.925 bits per heavy atom. The van der Waals surface area contributed by atoms with Gasteiger partial charge >= 0.3 is 12.1 Å². The number of rotatable bonds is 10. The lowest BCUT2D eigenvalue weighted by Gasteiger charge is -2.22. The van der Waals surface area contributed by atoms with Crippen LogP contribution in [0.5, 0.6) is 11.5 Å². The first-order valence-electron chi connectivity index (χ1n) is 12.2. The third kappa shape index (κ3) is 6.58. The SMILES string of the molecule is COc1c(C(=O)NCCc2ccccn2)cc(-c2cccc(C(F)(F)F)c2)c(OCC(=O)O)c1-c1ccccc1. The zero-order valence-electron chi connectivity index (χ0n) is 21.4. The molecule has 206 valence electrons. The van der Waals surface area contributed by atoms with E-state index in [1.165, 1.54) is 25.3 Å². The minimum Gasteiger partial charge on any atom is -0.495 e. The van der Waals surface area contributed by atoms with Gasteiger partial charge in [0.1, 0.15) is 11.5 Å². The van der Waals surface area contributed by atoms with Gasteiger partial charge in [-0.2, -0.15) is 13.2 Å². The molecular formula is C30H25F3N2O5. The van der Waals surface area contributed by atoms with E-state index >= 15 is 0 Å². The molecule has 0 bridgehead atoms. The van der Waals surface area contributed by atoms with Crippen molar-refractivity contribution in [2.75, 3.05) is 20.3 Å². The van der Waals surface area contributed by atoms with Crippen molar-refractivity contribution in [2.24, 2.45) is 0 Å². The summed E-state index contributed by atoms with van der Waals surface area (Å²) in [5, 5.41) is 12.1. The summed E-state index contributed by atoms with van der Waals surface area (Å²) >= 11 is 0. The number of aromatic nitrogens is 1. The molecule has 0 saturated carbocycles. The van der Waals surface area contributed by atoms with Crippen molar-refractivity contribution < 1.29 is 37.3 Å². The molecular weight excluding hydrogens is 525 g/mol. The molecule has 40 heavy (non-hydrogen) atoms. The predicted octanol–water partition coefficient (Wildman–Crippen LogP) is 5.88. The fourth-order valence-corrected chi connectivity index (χ4v) is 4.20. The predicted molar refractivity (Wildman–Crippen MR) is 142 cm³/mol. The maximum absolute atomic E-state index is 13.6. The highest BCUT2D eigenvalue weighted by molar-refractivity contribution is 6.03. The highest BCUT2D eigenvalue weighted by Crippen LogP contribution is 2.47. The third-order valence-corrected chi connectivity index (χ3v) is 5.98. The third-order valence-electron chi connectivity index (χ3n) is 5.98. The number of benzene rings is 3. The zero-order valence-corrected chi connectivity index (χ0v) is 21.4. The number of ether oxygens (including phenoxy) is 2. The van der Waals surface area contributed by atoms with Gasteiger partial charge in [0.25, 0.3) is 5.91 Å². The van der Waals surface area contributed by atoms with Crippen LogP contribution in [0.3, 0.4) is 0 Å². The quantitative estimate of drug-likeness (QED) is 0.256. The fourth-order valence-electron chi connectivity index (χ4n) is 4.20. The molecule has 0 radical (unpaired) electrons. The van der Waals surface area contributed by atoms with E-state index in [9.17, 15) is 27.9 Å². The van der Waals surface area contributed by atoms with Crippen molar-refractivity contribution in [3.63, 3.8) is 0 Å². The average Bonchev–Trinajstić information content (AvgIpc) is 2.95. The van der Waals surface area contributed by atoms with Crippen LogP contribution in [-0.4, -0.2) is 42.2 Å². The van der Waals surface area contributed by atoms with E-state index in [4.69, 9.17) is 9.47 Å². The molecule has 0 saturated heterocycles. The number of alkyl halides is 3. The second kappa shape index (κ2) is 12.3. The Labute approximate surface area is 228 Å². The monoisotopic (exact) mass is 550 g/mol. The Kier molecular flexibility index (Phi) is 8.68. The number of carboxylic acid groups (broad SMARTS) is 1. The van der Waals surface area contributed by atoms with Crippen molar-refractivity contribution in [1.29, 1.82) is 0 Å². The van der Waals surface area contributed by atoms with E-state index in [0.29, 0.717) is 12.0 Å². The standard InChI is InChI=1S/C30H25F3N2O5/c1-39-27-24(29(38)35-15-13-22-12-5-6-14-34-22)17-23(20-10-7-11-21(16-20)30(31,32)33)28(40-18-25(36)37)26(27)19-8-3-2-4-9-19/h2-12,14,16-17H,13,15,18H2,1H3,(H,35,38)(H,36,37). The Bertz CT molecular complexity index is 1490.